The van der Waals surface area contributed by atoms with E-state index in [0.717, 1.165) is 0 Å². The van der Waals surface area contributed by atoms with Gasteiger partial charge < -0.3 is 11.5 Å². The van der Waals surface area contributed by atoms with Crippen LogP contribution in [0.1, 0.15) is 0 Å². The lowest BCUT2D eigenvalue weighted by atomic mass is 10.1. The molecule has 0 saturated carbocycles. The van der Waals surface area contributed by atoms with Crippen LogP contribution in [0.4, 0.5) is 11.6 Å². The molecule has 0 amide bonds. The van der Waals surface area contributed by atoms with Crippen LogP contribution in [-0.4, -0.2) is 14.8 Å². The fourth-order valence-corrected chi connectivity index (χ4v) is 1.70. The monoisotopic (exact) mass is 257 g/mol. The zero-order valence-electron chi connectivity index (χ0n) is 8.41. The smallest absolute Gasteiger partial charge is 0.218 e. The van der Waals surface area contributed by atoms with E-state index in [2.05, 4.69) is 10.1 Å². The lowest BCUT2D eigenvalue weighted by molar-refractivity contribution is 0.781. The Morgan fingerprint density at radius 3 is 2.38 bits per heavy atom. The second kappa shape index (κ2) is 3.84. The first-order valence-electron chi connectivity index (χ1n) is 4.41. The zero-order valence-corrected chi connectivity index (χ0v) is 9.92. The minimum absolute atomic E-state index is 0.283. The fraction of sp³-hybridized carbons (Fsp3) is 0.111. The van der Waals surface area contributed by atoms with E-state index in [4.69, 9.17) is 34.7 Å². The highest BCUT2D eigenvalue weighted by Gasteiger charge is 2.15. The standard InChI is InChI=1S/C9H9Cl2N5/c1-16-9(13)14-8(15-16)6-4(10)2-3-5(11)7(6)12/h2-3H,12H2,1H3,(H2,13,14,15). The molecular formula is C9H9Cl2N5. The van der Waals surface area contributed by atoms with Gasteiger partial charge in [-0.25, -0.2) is 4.68 Å². The molecule has 0 aliphatic rings. The van der Waals surface area contributed by atoms with Crippen molar-refractivity contribution in [3.05, 3.63) is 22.2 Å². The first kappa shape index (κ1) is 11.0. The van der Waals surface area contributed by atoms with Gasteiger partial charge in [0.15, 0.2) is 5.82 Å². The summed E-state index contributed by atoms with van der Waals surface area (Å²) in [6.07, 6.45) is 0. The van der Waals surface area contributed by atoms with Gasteiger partial charge in [0.1, 0.15) is 0 Å². The number of anilines is 2. The maximum absolute atomic E-state index is 6.03. The third-order valence-electron chi connectivity index (χ3n) is 2.16. The molecule has 0 aliphatic carbocycles. The molecule has 0 unspecified atom stereocenters. The lowest BCUT2D eigenvalue weighted by Gasteiger charge is -2.05. The number of hydrogen-bond donors (Lipinski definition) is 2. The van der Waals surface area contributed by atoms with Crippen molar-refractivity contribution in [1.82, 2.24) is 14.8 Å². The molecule has 0 aliphatic heterocycles. The Labute approximate surface area is 102 Å². The Kier molecular flexibility index (Phi) is 2.65. The number of aryl methyl sites for hydroxylation is 1. The molecule has 7 heteroatoms. The van der Waals surface area contributed by atoms with E-state index in [-0.39, 0.29) is 5.95 Å². The van der Waals surface area contributed by atoms with Crippen LogP contribution in [0.3, 0.4) is 0 Å². The molecule has 2 aromatic rings. The van der Waals surface area contributed by atoms with Gasteiger partial charge >= 0.3 is 0 Å². The molecule has 0 fully saturated rings. The van der Waals surface area contributed by atoms with Gasteiger partial charge in [-0.2, -0.15) is 4.98 Å². The van der Waals surface area contributed by atoms with Crippen LogP contribution in [0.25, 0.3) is 11.4 Å². The Bertz CT molecular complexity index is 530. The van der Waals surface area contributed by atoms with Crippen LogP contribution in [-0.2, 0) is 7.05 Å². The molecular weight excluding hydrogens is 249 g/mol. The maximum atomic E-state index is 6.03. The third-order valence-corrected chi connectivity index (χ3v) is 2.81. The number of benzene rings is 1. The summed E-state index contributed by atoms with van der Waals surface area (Å²) in [6, 6.07) is 3.26. The van der Waals surface area contributed by atoms with Gasteiger partial charge in [0.05, 0.1) is 21.3 Å². The van der Waals surface area contributed by atoms with Crippen LogP contribution < -0.4 is 11.5 Å². The largest absolute Gasteiger partial charge is 0.397 e. The molecule has 1 aromatic carbocycles. The van der Waals surface area contributed by atoms with E-state index in [1.54, 1.807) is 19.2 Å². The van der Waals surface area contributed by atoms with Gasteiger partial charge in [-0.3, -0.25) is 0 Å². The molecule has 1 aromatic heterocycles. The van der Waals surface area contributed by atoms with Crippen molar-refractivity contribution >= 4 is 34.8 Å². The van der Waals surface area contributed by atoms with Crippen molar-refractivity contribution < 1.29 is 0 Å². The number of nitrogens with two attached hydrogens (primary N) is 2. The summed E-state index contributed by atoms with van der Waals surface area (Å²) in [5, 5.41) is 4.95. The number of rotatable bonds is 1. The molecule has 0 spiro atoms. The summed E-state index contributed by atoms with van der Waals surface area (Å²) in [5.41, 5.74) is 12.3. The SMILES string of the molecule is Cn1nc(-c2c(Cl)ccc(Cl)c2N)nc1N. The molecule has 1 heterocycles. The van der Waals surface area contributed by atoms with E-state index in [0.29, 0.717) is 27.1 Å². The summed E-state index contributed by atoms with van der Waals surface area (Å²) in [4.78, 5) is 4.05. The van der Waals surface area contributed by atoms with Crippen LogP contribution >= 0.6 is 23.2 Å². The fourth-order valence-electron chi connectivity index (χ4n) is 1.30. The Balaban J connectivity index is 2.68. The molecule has 0 radical (unpaired) electrons. The minimum Gasteiger partial charge on any atom is -0.397 e. The Hall–Kier alpha value is -1.46. The van der Waals surface area contributed by atoms with Gasteiger partial charge in [0.2, 0.25) is 5.95 Å². The summed E-state index contributed by atoms with van der Waals surface area (Å²) >= 11 is 11.9. The van der Waals surface area contributed by atoms with Crippen molar-refractivity contribution in [2.75, 3.05) is 11.5 Å². The molecule has 0 atom stereocenters. The third kappa shape index (κ3) is 1.68. The molecule has 5 nitrogen and oxygen atoms in total. The van der Waals surface area contributed by atoms with Crippen LogP contribution in [0.2, 0.25) is 10.0 Å². The predicted molar refractivity (Wildman–Crippen MR) is 65.3 cm³/mol. The second-order valence-corrected chi connectivity index (χ2v) is 4.05. The quantitative estimate of drug-likeness (QED) is 0.766. The van der Waals surface area contributed by atoms with Crippen LogP contribution in [0, 0.1) is 0 Å². The number of nitrogens with zero attached hydrogens (tertiary/aromatic N) is 3. The van der Waals surface area contributed by atoms with Crippen molar-refractivity contribution in [1.29, 1.82) is 0 Å². The summed E-state index contributed by atoms with van der Waals surface area (Å²) in [5.74, 6) is 0.649. The average Bonchev–Trinajstić information content (AvgIpc) is 2.54. The minimum atomic E-state index is 0.283. The van der Waals surface area contributed by atoms with E-state index >= 15 is 0 Å². The van der Waals surface area contributed by atoms with Crippen molar-refractivity contribution in [2.24, 2.45) is 7.05 Å². The Morgan fingerprint density at radius 1 is 1.19 bits per heavy atom. The van der Waals surface area contributed by atoms with Gasteiger partial charge in [0.25, 0.3) is 0 Å². The topological polar surface area (TPSA) is 82.8 Å². The molecule has 4 N–H and O–H groups in total. The first-order chi connectivity index (χ1) is 7.50. The molecule has 0 saturated heterocycles. The van der Waals surface area contributed by atoms with Gasteiger partial charge in [-0.15, -0.1) is 5.10 Å². The van der Waals surface area contributed by atoms with E-state index in [1.807, 2.05) is 0 Å². The average molecular weight is 258 g/mol. The predicted octanol–water partition coefficient (Wildman–Crippen LogP) is 1.95. The van der Waals surface area contributed by atoms with Crippen molar-refractivity contribution in [2.45, 2.75) is 0 Å². The highest BCUT2D eigenvalue weighted by molar-refractivity contribution is 6.37. The van der Waals surface area contributed by atoms with Gasteiger partial charge in [-0.1, -0.05) is 23.2 Å². The number of hydrogen-bond acceptors (Lipinski definition) is 4. The first-order valence-corrected chi connectivity index (χ1v) is 5.16. The summed E-state index contributed by atoms with van der Waals surface area (Å²) < 4.78 is 1.44. The number of aromatic nitrogens is 3. The maximum Gasteiger partial charge on any atom is 0.218 e. The summed E-state index contributed by atoms with van der Waals surface area (Å²) in [6.45, 7) is 0. The van der Waals surface area contributed by atoms with Gasteiger partial charge in [-0.05, 0) is 12.1 Å². The van der Waals surface area contributed by atoms with Crippen LogP contribution in [0.15, 0.2) is 12.1 Å². The van der Waals surface area contributed by atoms with Crippen LogP contribution in [0.5, 0.6) is 0 Å². The van der Waals surface area contributed by atoms with Crippen molar-refractivity contribution in [3.8, 4) is 11.4 Å². The second-order valence-electron chi connectivity index (χ2n) is 3.24. The zero-order chi connectivity index (χ0) is 11.9. The number of halogens is 2. The summed E-state index contributed by atoms with van der Waals surface area (Å²) in [7, 11) is 1.68. The molecule has 0 bridgehead atoms. The lowest BCUT2D eigenvalue weighted by Crippen LogP contribution is -1.97. The van der Waals surface area contributed by atoms with E-state index in [1.165, 1.54) is 4.68 Å². The normalized spacial score (nSPS) is 10.7. The Morgan fingerprint density at radius 2 is 1.81 bits per heavy atom. The molecule has 16 heavy (non-hydrogen) atoms. The number of nitrogen functional groups attached to an aromatic ring is 2. The van der Waals surface area contributed by atoms with E-state index in [9.17, 15) is 0 Å². The molecule has 84 valence electrons. The van der Waals surface area contributed by atoms with Crippen molar-refractivity contribution in [3.63, 3.8) is 0 Å². The van der Waals surface area contributed by atoms with Gasteiger partial charge in [0, 0.05) is 7.05 Å². The highest BCUT2D eigenvalue weighted by Crippen LogP contribution is 2.36. The van der Waals surface area contributed by atoms with E-state index < -0.39 is 0 Å². The highest BCUT2D eigenvalue weighted by atomic mass is 35.5. The molecule has 2 rings (SSSR count).